The van der Waals surface area contributed by atoms with Crippen molar-refractivity contribution in [2.24, 2.45) is 5.92 Å². The Morgan fingerprint density at radius 1 is 1.35 bits per heavy atom. The van der Waals surface area contributed by atoms with Crippen LogP contribution in [0, 0.1) is 11.7 Å². The Hall–Kier alpha value is -1.22. The van der Waals surface area contributed by atoms with Crippen molar-refractivity contribution in [3.63, 3.8) is 0 Å². The van der Waals surface area contributed by atoms with Crippen molar-refractivity contribution in [1.82, 2.24) is 0 Å². The van der Waals surface area contributed by atoms with E-state index in [1.165, 1.54) is 6.07 Å². The average Bonchev–Trinajstić information content (AvgIpc) is 2.38. The minimum absolute atomic E-state index is 0.00222. The minimum Gasteiger partial charge on any atom is -0.381 e. The molecule has 17 heavy (non-hydrogen) atoms. The van der Waals surface area contributed by atoms with Crippen LogP contribution in [0.4, 0.5) is 4.39 Å². The van der Waals surface area contributed by atoms with Crippen LogP contribution >= 0.6 is 0 Å². The molecule has 1 aliphatic rings. The lowest BCUT2D eigenvalue weighted by Crippen LogP contribution is -2.23. The standard InChI is InChI=1S/C14H17FO2/c15-14-4-2-1-3-13(14)12(5-8-16)11-6-9-17-10-7-11/h1-4,8,11-12H,5-7,9-10H2. The third-order valence-corrected chi connectivity index (χ3v) is 3.49. The molecule has 0 bridgehead atoms. The topological polar surface area (TPSA) is 26.3 Å². The van der Waals surface area contributed by atoms with E-state index in [-0.39, 0.29) is 11.7 Å². The van der Waals surface area contributed by atoms with Crippen LogP contribution in [0.2, 0.25) is 0 Å². The van der Waals surface area contributed by atoms with E-state index < -0.39 is 0 Å². The number of hydrogen-bond donors (Lipinski definition) is 0. The molecule has 1 atom stereocenters. The van der Waals surface area contributed by atoms with E-state index in [2.05, 4.69) is 0 Å². The van der Waals surface area contributed by atoms with E-state index >= 15 is 0 Å². The summed E-state index contributed by atoms with van der Waals surface area (Å²) in [7, 11) is 0. The molecule has 0 aliphatic carbocycles. The van der Waals surface area contributed by atoms with Gasteiger partial charge in [-0.05, 0) is 36.3 Å². The highest BCUT2D eigenvalue weighted by Gasteiger charge is 2.26. The van der Waals surface area contributed by atoms with Gasteiger partial charge in [-0.1, -0.05) is 18.2 Å². The molecule has 3 heteroatoms. The highest BCUT2D eigenvalue weighted by Crippen LogP contribution is 2.35. The lowest BCUT2D eigenvalue weighted by molar-refractivity contribution is -0.108. The summed E-state index contributed by atoms with van der Waals surface area (Å²) in [5.41, 5.74) is 0.673. The van der Waals surface area contributed by atoms with E-state index in [1.807, 2.05) is 6.07 Å². The van der Waals surface area contributed by atoms with Crippen molar-refractivity contribution >= 4 is 6.29 Å². The number of halogens is 1. The van der Waals surface area contributed by atoms with Gasteiger partial charge in [-0.2, -0.15) is 0 Å². The maximum atomic E-state index is 13.8. The van der Waals surface area contributed by atoms with Gasteiger partial charge in [0.15, 0.2) is 0 Å². The molecular formula is C14H17FO2. The highest BCUT2D eigenvalue weighted by atomic mass is 19.1. The fraction of sp³-hybridized carbons (Fsp3) is 0.500. The van der Waals surface area contributed by atoms with Crippen LogP contribution in [0.1, 0.15) is 30.7 Å². The van der Waals surface area contributed by atoms with Crippen molar-refractivity contribution in [2.75, 3.05) is 13.2 Å². The fourth-order valence-corrected chi connectivity index (χ4v) is 2.57. The molecule has 0 saturated carbocycles. The van der Waals surface area contributed by atoms with Crippen LogP contribution in [0.15, 0.2) is 24.3 Å². The van der Waals surface area contributed by atoms with E-state index in [0.29, 0.717) is 31.1 Å². The zero-order chi connectivity index (χ0) is 12.1. The average molecular weight is 236 g/mol. The predicted molar refractivity (Wildman–Crippen MR) is 63.4 cm³/mol. The van der Waals surface area contributed by atoms with E-state index in [0.717, 1.165) is 19.1 Å². The van der Waals surface area contributed by atoms with E-state index in [9.17, 15) is 9.18 Å². The number of aldehydes is 1. The molecule has 1 aromatic rings. The number of carbonyl (C=O) groups is 1. The molecule has 2 nitrogen and oxygen atoms in total. The SMILES string of the molecule is O=CCC(c1ccccc1F)C1CCOCC1. The quantitative estimate of drug-likeness (QED) is 0.751. The first kappa shape index (κ1) is 12.2. The second-order valence-corrected chi connectivity index (χ2v) is 4.48. The summed E-state index contributed by atoms with van der Waals surface area (Å²) in [6.07, 6.45) is 3.11. The molecule has 1 unspecified atom stereocenters. The first-order valence-electron chi connectivity index (χ1n) is 6.08. The maximum absolute atomic E-state index is 13.8. The molecular weight excluding hydrogens is 219 g/mol. The summed E-state index contributed by atoms with van der Waals surface area (Å²) in [5, 5.41) is 0. The monoisotopic (exact) mass is 236 g/mol. The zero-order valence-electron chi connectivity index (χ0n) is 9.77. The summed E-state index contributed by atoms with van der Waals surface area (Å²) < 4.78 is 19.1. The van der Waals surface area contributed by atoms with Gasteiger partial charge in [-0.25, -0.2) is 4.39 Å². The van der Waals surface area contributed by atoms with E-state index in [4.69, 9.17) is 4.74 Å². The molecule has 2 rings (SSSR count). The fourth-order valence-electron chi connectivity index (χ4n) is 2.57. The van der Waals surface area contributed by atoms with Crippen LogP contribution in [0.25, 0.3) is 0 Å². The minimum atomic E-state index is -0.203. The molecule has 0 aromatic heterocycles. The predicted octanol–water partition coefficient (Wildman–Crippen LogP) is 2.92. The Balaban J connectivity index is 2.21. The van der Waals surface area contributed by atoms with Gasteiger partial charge < -0.3 is 9.53 Å². The van der Waals surface area contributed by atoms with Crippen molar-refractivity contribution in [3.8, 4) is 0 Å². The summed E-state index contributed by atoms with van der Waals surface area (Å²) >= 11 is 0. The molecule has 0 radical (unpaired) electrons. The second kappa shape index (κ2) is 5.92. The second-order valence-electron chi connectivity index (χ2n) is 4.48. The summed E-state index contributed by atoms with van der Waals surface area (Å²) in [6.45, 7) is 1.43. The van der Waals surface area contributed by atoms with Crippen molar-refractivity contribution in [1.29, 1.82) is 0 Å². The van der Waals surface area contributed by atoms with Crippen molar-refractivity contribution < 1.29 is 13.9 Å². The Kier molecular flexibility index (Phi) is 4.26. The molecule has 0 spiro atoms. The van der Waals surface area contributed by atoms with Crippen molar-refractivity contribution in [3.05, 3.63) is 35.6 Å². The number of carbonyl (C=O) groups excluding carboxylic acids is 1. The van der Waals surface area contributed by atoms with Gasteiger partial charge in [0.05, 0.1) is 0 Å². The summed E-state index contributed by atoms with van der Waals surface area (Å²) in [6, 6.07) is 6.77. The van der Waals surface area contributed by atoms with Gasteiger partial charge in [-0.3, -0.25) is 0 Å². The Bertz CT molecular complexity index is 372. The number of benzene rings is 1. The van der Waals surface area contributed by atoms with Gasteiger partial charge in [0.25, 0.3) is 0 Å². The number of rotatable bonds is 4. The Morgan fingerprint density at radius 3 is 2.71 bits per heavy atom. The van der Waals surface area contributed by atoms with E-state index in [1.54, 1.807) is 12.1 Å². The van der Waals surface area contributed by atoms with Gasteiger partial charge in [0, 0.05) is 19.6 Å². The van der Waals surface area contributed by atoms with Gasteiger partial charge in [0.1, 0.15) is 12.1 Å². The molecule has 1 aromatic carbocycles. The molecule has 1 aliphatic heterocycles. The molecule has 1 heterocycles. The normalized spacial score (nSPS) is 18.9. The summed E-state index contributed by atoms with van der Waals surface area (Å²) in [5.74, 6) is 0.147. The largest absolute Gasteiger partial charge is 0.381 e. The van der Waals surface area contributed by atoms with Gasteiger partial charge in [0.2, 0.25) is 0 Å². The highest BCUT2D eigenvalue weighted by molar-refractivity contribution is 5.52. The first-order chi connectivity index (χ1) is 8.33. The smallest absolute Gasteiger partial charge is 0.126 e. The van der Waals surface area contributed by atoms with Crippen LogP contribution in [0.5, 0.6) is 0 Å². The van der Waals surface area contributed by atoms with Crippen LogP contribution in [-0.4, -0.2) is 19.5 Å². The number of ether oxygens (including phenoxy) is 1. The van der Waals surface area contributed by atoms with Gasteiger partial charge in [-0.15, -0.1) is 0 Å². The first-order valence-corrected chi connectivity index (χ1v) is 6.08. The van der Waals surface area contributed by atoms with Crippen LogP contribution in [-0.2, 0) is 9.53 Å². The van der Waals surface area contributed by atoms with Crippen molar-refractivity contribution in [2.45, 2.75) is 25.2 Å². The molecule has 0 amide bonds. The zero-order valence-corrected chi connectivity index (χ0v) is 9.77. The Labute approximate surface area is 101 Å². The lowest BCUT2D eigenvalue weighted by Gasteiger charge is -2.29. The molecule has 1 fully saturated rings. The van der Waals surface area contributed by atoms with Gasteiger partial charge >= 0.3 is 0 Å². The maximum Gasteiger partial charge on any atom is 0.126 e. The van der Waals surface area contributed by atoms with Crippen LogP contribution in [0.3, 0.4) is 0 Å². The molecule has 1 saturated heterocycles. The molecule has 0 N–H and O–H groups in total. The Morgan fingerprint density at radius 2 is 2.06 bits per heavy atom. The molecule has 92 valence electrons. The summed E-state index contributed by atoms with van der Waals surface area (Å²) in [4.78, 5) is 10.8. The third-order valence-electron chi connectivity index (χ3n) is 3.49. The van der Waals surface area contributed by atoms with Crippen LogP contribution < -0.4 is 0 Å². The number of hydrogen-bond acceptors (Lipinski definition) is 2. The lowest BCUT2D eigenvalue weighted by atomic mass is 9.79. The third kappa shape index (κ3) is 2.91.